The second-order valence-corrected chi connectivity index (χ2v) is 6.60. The van der Waals surface area contributed by atoms with E-state index >= 15 is 0 Å². The maximum atomic E-state index is 6.36. The summed E-state index contributed by atoms with van der Waals surface area (Å²) in [4.78, 5) is 0. The molecule has 2 aromatic rings. The number of ether oxygens (including phenoxy) is 1. The van der Waals surface area contributed by atoms with Gasteiger partial charge in [0.2, 0.25) is 0 Å². The van der Waals surface area contributed by atoms with E-state index in [1.165, 1.54) is 0 Å². The van der Waals surface area contributed by atoms with Gasteiger partial charge in [-0.1, -0.05) is 39.7 Å². The Morgan fingerprint density at radius 3 is 2.76 bits per heavy atom. The van der Waals surface area contributed by atoms with Gasteiger partial charge < -0.3 is 10.1 Å². The van der Waals surface area contributed by atoms with Crippen molar-refractivity contribution in [1.29, 1.82) is 0 Å². The van der Waals surface area contributed by atoms with Gasteiger partial charge >= 0.3 is 0 Å². The van der Waals surface area contributed by atoms with E-state index in [1.54, 1.807) is 0 Å². The summed E-state index contributed by atoms with van der Waals surface area (Å²) in [6.45, 7) is 0. The van der Waals surface area contributed by atoms with E-state index in [1.807, 2.05) is 31.3 Å². The van der Waals surface area contributed by atoms with Crippen molar-refractivity contribution >= 4 is 27.5 Å². The van der Waals surface area contributed by atoms with Gasteiger partial charge in [-0.3, -0.25) is 0 Å². The molecule has 1 aliphatic rings. The Morgan fingerprint density at radius 2 is 2.05 bits per heavy atom. The molecule has 110 valence electrons. The first-order valence-electron chi connectivity index (χ1n) is 7.06. The Bertz CT molecular complexity index is 642. The molecule has 0 spiro atoms. The Balaban J connectivity index is 1.93. The number of nitrogens with one attached hydrogen (secondary N) is 1. The molecule has 0 radical (unpaired) electrons. The van der Waals surface area contributed by atoms with E-state index in [9.17, 15) is 0 Å². The van der Waals surface area contributed by atoms with Crippen LogP contribution in [0.4, 0.5) is 0 Å². The molecule has 0 aromatic heterocycles. The van der Waals surface area contributed by atoms with Crippen LogP contribution in [0.15, 0.2) is 46.9 Å². The minimum absolute atomic E-state index is 0.0396. The van der Waals surface area contributed by atoms with E-state index in [0.717, 1.165) is 39.2 Å². The first-order valence-corrected chi connectivity index (χ1v) is 8.23. The molecule has 3 rings (SSSR count). The lowest BCUT2D eigenvalue weighted by atomic mass is 9.98. The van der Waals surface area contributed by atoms with Crippen LogP contribution in [0, 0.1) is 0 Å². The second kappa shape index (κ2) is 6.39. The van der Waals surface area contributed by atoms with Crippen molar-refractivity contribution in [3.8, 4) is 5.75 Å². The molecule has 1 N–H and O–H groups in total. The van der Waals surface area contributed by atoms with E-state index in [-0.39, 0.29) is 6.04 Å². The SMILES string of the molecule is CNC(c1cccc(OC2CC2)c1)c1cc(Br)ccc1Cl. The van der Waals surface area contributed by atoms with Crippen LogP contribution in [0.1, 0.15) is 30.0 Å². The fraction of sp³-hybridized carbons (Fsp3) is 0.294. The van der Waals surface area contributed by atoms with Crippen molar-refractivity contribution in [2.24, 2.45) is 0 Å². The summed E-state index contributed by atoms with van der Waals surface area (Å²) < 4.78 is 6.90. The van der Waals surface area contributed by atoms with Crippen LogP contribution in [0.2, 0.25) is 5.02 Å². The van der Waals surface area contributed by atoms with Crippen molar-refractivity contribution in [2.45, 2.75) is 25.0 Å². The number of hydrogen-bond donors (Lipinski definition) is 1. The summed E-state index contributed by atoms with van der Waals surface area (Å²) in [5, 5.41) is 4.09. The predicted octanol–water partition coefficient (Wildman–Crippen LogP) is 4.95. The van der Waals surface area contributed by atoms with Crippen LogP contribution in [0.5, 0.6) is 5.75 Å². The van der Waals surface area contributed by atoms with Gasteiger partial charge in [0.25, 0.3) is 0 Å². The average Bonchev–Trinajstić information content (AvgIpc) is 3.28. The van der Waals surface area contributed by atoms with Crippen LogP contribution >= 0.6 is 27.5 Å². The summed E-state index contributed by atoms with van der Waals surface area (Å²) in [7, 11) is 1.94. The quantitative estimate of drug-likeness (QED) is 0.808. The van der Waals surface area contributed by atoms with Crippen LogP contribution < -0.4 is 10.1 Å². The molecule has 4 heteroatoms. The number of rotatable bonds is 5. The summed E-state index contributed by atoms with van der Waals surface area (Å²) in [5.74, 6) is 0.932. The summed E-state index contributed by atoms with van der Waals surface area (Å²) in [6, 6.07) is 14.2. The van der Waals surface area contributed by atoms with Gasteiger partial charge in [0.15, 0.2) is 0 Å². The number of halogens is 2. The normalized spacial score (nSPS) is 15.8. The van der Waals surface area contributed by atoms with Crippen LogP contribution in [0.3, 0.4) is 0 Å². The molecule has 0 heterocycles. The topological polar surface area (TPSA) is 21.3 Å². The van der Waals surface area contributed by atoms with Gasteiger partial charge in [0.1, 0.15) is 5.75 Å². The van der Waals surface area contributed by atoms with E-state index in [0.29, 0.717) is 6.10 Å². The molecule has 1 fully saturated rings. The largest absolute Gasteiger partial charge is 0.490 e. The standard InChI is InChI=1S/C17H17BrClNO/c1-20-17(15-10-12(18)5-8-16(15)19)11-3-2-4-14(9-11)21-13-6-7-13/h2-5,8-10,13,17,20H,6-7H2,1H3. The molecule has 21 heavy (non-hydrogen) atoms. The molecule has 0 saturated heterocycles. The molecular weight excluding hydrogens is 350 g/mol. The molecule has 2 nitrogen and oxygen atoms in total. The zero-order valence-corrected chi connectivity index (χ0v) is 14.1. The molecular formula is C17H17BrClNO. The van der Waals surface area contributed by atoms with Crippen molar-refractivity contribution in [2.75, 3.05) is 7.05 Å². The van der Waals surface area contributed by atoms with E-state index in [4.69, 9.17) is 16.3 Å². The van der Waals surface area contributed by atoms with Gasteiger partial charge in [-0.15, -0.1) is 0 Å². The zero-order chi connectivity index (χ0) is 14.8. The number of benzene rings is 2. The fourth-order valence-corrected chi connectivity index (χ4v) is 2.99. The molecule has 1 saturated carbocycles. The first-order chi connectivity index (χ1) is 10.2. The van der Waals surface area contributed by atoms with E-state index < -0.39 is 0 Å². The minimum Gasteiger partial charge on any atom is -0.490 e. The van der Waals surface area contributed by atoms with Gasteiger partial charge in [-0.2, -0.15) is 0 Å². The van der Waals surface area contributed by atoms with Gasteiger partial charge in [-0.25, -0.2) is 0 Å². The minimum atomic E-state index is 0.0396. The lowest BCUT2D eigenvalue weighted by Crippen LogP contribution is -2.18. The van der Waals surface area contributed by atoms with Crippen molar-refractivity contribution in [3.05, 3.63) is 63.1 Å². The maximum Gasteiger partial charge on any atom is 0.120 e. The second-order valence-electron chi connectivity index (χ2n) is 5.28. The smallest absolute Gasteiger partial charge is 0.120 e. The number of hydrogen-bond acceptors (Lipinski definition) is 2. The van der Waals surface area contributed by atoms with Crippen molar-refractivity contribution in [1.82, 2.24) is 5.32 Å². The molecule has 0 amide bonds. The lowest BCUT2D eigenvalue weighted by molar-refractivity contribution is 0.302. The van der Waals surface area contributed by atoms with Crippen LogP contribution in [-0.2, 0) is 0 Å². The molecule has 0 bridgehead atoms. The average molecular weight is 367 g/mol. The van der Waals surface area contributed by atoms with Crippen LogP contribution in [-0.4, -0.2) is 13.2 Å². The summed E-state index contributed by atoms with van der Waals surface area (Å²) >= 11 is 9.87. The summed E-state index contributed by atoms with van der Waals surface area (Å²) in [6.07, 6.45) is 2.73. The molecule has 0 aliphatic heterocycles. The monoisotopic (exact) mass is 365 g/mol. The predicted molar refractivity (Wildman–Crippen MR) is 90.1 cm³/mol. The first kappa shape index (κ1) is 14.9. The highest BCUT2D eigenvalue weighted by Crippen LogP contribution is 2.33. The third-order valence-corrected chi connectivity index (χ3v) is 4.41. The van der Waals surface area contributed by atoms with Gasteiger partial charge in [0, 0.05) is 9.50 Å². The van der Waals surface area contributed by atoms with Crippen molar-refractivity contribution < 1.29 is 4.74 Å². The molecule has 2 aromatic carbocycles. The Hall–Kier alpha value is -1.03. The van der Waals surface area contributed by atoms with E-state index in [2.05, 4.69) is 39.4 Å². The van der Waals surface area contributed by atoms with Crippen LogP contribution in [0.25, 0.3) is 0 Å². The zero-order valence-electron chi connectivity index (χ0n) is 11.8. The molecule has 1 aliphatic carbocycles. The maximum absolute atomic E-state index is 6.36. The fourth-order valence-electron chi connectivity index (χ4n) is 2.38. The summed E-state index contributed by atoms with van der Waals surface area (Å²) in [5.41, 5.74) is 2.20. The highest BCUT2D eigenvalue weighted by Gasteiger charge is 2.24. The highest BCUT2D eigenvalue weighted by molar-refractivity contribution is 9.10. The lowest BCUT2D eigenvalue weighted by Gasteiger charge is -2.19. The van der Waals surface area contributed by atoms with Gasteiger partial charge in [0.05, 0.1) is 12.1 Å². The molecule has 1 atom stereocenters. The van der Waals surface area contributed by atoms with Crippen molar-refractivity contribution in [3.63, 3.8) is 0 Å². The highest BCUT2D eigenvalue weighted by atomic mass is 79.9. The van der Waals surface area contributed by atoms with Gasteiger partial charge in [-0.05, 0) is 61.3 Å². The Morgan fingerprint density at radius 1 is 1.24 bits per heavy atom. The molecule has 1 unspecified atom stereocenters. The Labute approximate surface area is 138 Å². The third-order valence-electron chi connectivity index (χ3n) is 3.58. The Kier molecular flexibility index (Phi) is 4.53. The third kappa shape index (κ3) is 3.60.